The predicted octanol–water partition coefficient (Wildman–Crippen LogP) is 6.79. The Morgan fingerprint density at radius 1 is 0.833 bits per heavy atom. The van der Waals surface area contributed by atoms with Gasteiger partial charge < -0.3 is 4.74 Å². The third-order valence-electron chi connectivity index (χ3n) is 5.23. The Morgan fingerprint density at radius 2 is 1.58 bits per heavy atom. The summed E-state index contributed by atoms with van der Waals surface area (Å²) in [5.41, 5.74) is 3.89. The van der Waals surface area contributed by atoms with Crippen molar-refractivity contribution in [2.24, 2.45) is 5.92 Å². The van der Waals surface area contributed by atoms with Crippen molar-refractivity contribution >= 4 is 0 Å². The van der Waals surface area contributed by atoms with Crippen molar-refractivity contribution in [1.82, 2.24) is 0 Å². The molecule has 24 heavy (non-hydrogen) atoms. The fraction of sp³-hybridized carbons (Fsp3) is 0.478. The van der Waals surface area contributed by atoms with E-state index in [1.54, 1.807) is 0 Å². The molecule has 0 aliphatic carbocycles. The second kappa shape index (κ2) is 9.03. The van der Waals surface area contributed by atoms with Crippen molar-refractivity contribution in [2.45, 2.75) is 58.0 Å². The van der Waals surface area contributed by atoms with Gasteiger partial charge in [0, 0.05) is 0 Å². The van der Waals surface area contributed by atoms with Crippen LogP contribution in [0.4, 0.5) is 0 Å². The highest BCUT2D eigenvalue weighted by molar-refractivity contribution is 5.63. The molecule has 0 N–H and O–H groups in total. The van der Waals surface area contributed by atoms with Crippen LogP contribution in [0.3, 0.4) is 0 Å². The van der Waals surface area contributed by atoms with E-state index in [9.17, 15) is 0 Å². The van der Waals surface area contributed by atoms with Gasteiger partial charge in [0.25, 0.3) is 0 Å². The molecule has 2 aromatic rings. The Bertz CT molecular complexity index is 579. The van der Waals surface area contributed by atoms with Crippen LogP contribution < -0.4 is 0 Å². The molecule has 0 saturated carbocycles. The standard InChI is InChI=1S/C23H30O/c1-2-3-4-6-9-19-12-17-23(24-18-19)22-15-13-21(14-16-22)20-10-7-5-8-11-20/h5,7-8,10-11,13-16,19,23H,2-4,6,9,12,17-18H2,1H3. The van der Waals surface area contributed by atoms with Crippen molar-refractivity contribution in [3.05, 3.63) is 60.2 Å². The van der Waals surface area contributed by atoms with Crippen LogP contribution in [0, 0.1) is 5.92 Å². The van der Waals surface area contributed by atoms with Crippen molar-refractivity contribution < 1.29 is 4.74 Å². The maximum atomic E-state index is 6.18. The molecule has 2 aromatic carbocycles. The zero-order chi connectivity index (χ0) is 16.6. The zero-order valence-corrected chi connectivity index (χ0v) is 14.9. The summed E-state index contributed by atoms with van der Waals surface area (Å²) in [7, 11) is 0. The molecule has 0 spiro atoms. The molecule has 1 nitrogen and oxygen atoms in total. The lowest BCUT2D eigenvalue weighted by Crippen LogP contribution is -2.20. The monoisotopic (exact) mass is 322 g/mol. The summed E-state index contributed by atoms with van der Waals surface area (Å²) in [5, 5.41) is 0. The van der Waals surface area contributed by atoms with Crippen LogP contribution >= 0.6 is 0 Å². The molecule has 2 atom stereocenters. The van der Waals surface area contributed by atoms with E-state index >= 15 is 0 Å². The molecule has 2 unspecified atom stereocenters. The van der Waals surface area contributed by atoms with E-state index in [-0.39, 0.29) is 0 Å². The normalized spacial score (nSPS) is 20.9. The van der Waals surface area contributed by atoms with Crippen molar-refractivity contribution in [3.63, 3.8) is 0 Å². The average Bonchev–Trinajstić information content (AvgIpc) is 2.67. The van der Waals surface area contributed by atoms with Gasteiger partial charge in [0.05, 0.1) is 12.7 Å². The smallest absolute Gasteiger partial charge is 0.0825 e. The maximum absolute atomic E-state index is 6.18. The molecule has 1 heteroatoms. The molecule has 0 bridgehead atoms. The lowest BCUT2D eigenvalue weighted by Gasteiger charge is -2.29. The van der Waals surface area contributed by atoms with E-state index in [1.807, 2.05) is 0 Å². The first-order chi connectivity index (χ1) is 11.9. The third-order valence-corrected chi connectivity index (χ3v) is 5.23. The summed E-state index contributed by atoms with van der Waals surface area (Å²) >= 11 is 0. The van der Waals surface area contributed by atoms with E-state index in [0.29, 0.717) is 6.10 Å². The van der Waals surface area contributed by atoms with Gasteiger partial charge in [-0.05, 0) is 41.9 Å². The summed E-state index contributed by atoms with van der Waals surface area (Å²) < 4.78 is 6.18. The minimum absolute atomic E-state index is 0.293. The highest BCUT2D eigenvalue weighted by atomic mass is 16.5. The Hall–Kier alpha value is -1.60. The van der Waals surface area contributed by atoms with Gasteiger partial charge in [-0.2, -0.15) is 0 Å². The molecule has 0 aromatic heterocycles. The van der Waals surface area contributed by atoms with Gasteiger partial charge in [-0.15, -0.1) is 0 Å². The van der Waals surface area contributed by atoms with Gasteiger partial charge in [0.2, 0.25) is 0 Å². The fourth-order valence-corrected chi connectivity index (χ4v) is 3.68. The van der Waals surface area contributed by atoms with Gasteiger partial charge in [0.1, 0.15) is 0 Å². The van der Waals surface area contributed by atoms with E-state index in [0.717, 1.165) is 12.5 Å². The minimum Gasteiger partial charge on any atom is -0.373 e. The van der Waals surface area contributed by atoms with E-state index < -0.39 is 0 Å². The molecule has 0 radical (unpaired) electrons. The summed E-state index contributed by atoms with van der Waals surface area (Å²) in [6, 6.07) is 19.5. The zero-order valence-electron chi connectivity index (χ0n) is 14.9. The van der Waals surface area contributed by atoms with Crippen LogP contribution in [0.15, 0.2) is 54.6 Å². The number of unbranched alkanes of at least 4 members (excludes halogenated alkanes) is 3. The molecular formula is C23H30O. The first-order valence-electron chi connectivity index (χ1n) is 9.64. The van der Waals surface area contributed by atoms with Crippen LogP contribution in [-0.2, 0) is 4.74 Å². The Kier molecular flexibility index (Phi) is 6.48. The number of hydrogen-bond donors (Lipinski definition) is 0. The topological polar surface area (TPSA) is 9.23 Å². The largest absolute Gasteiger partial charge is 0.373 e. The van der Waals surface area contributed by atoms with Crippen molar-refractivity contribution in [3.8, 4) is 11.1 Å². The lowest BCUT2D eigenvalue weighted by molar-refractivity contribution is -0.0198. The summed E-state index contributed by atoms with van der Waals surface area (Å²) in [6.07, 6.45) is 9.59. The molecule has 1 saturated heterocycles. The maximum Gasteiger partial charge on any atom is 0.0825 e. The molecule has 1 heterocycles. The Labute approximate surface area is 147 Å². The molecule has 128 valence electrons. The molecule has 0 amide bonds. The number of hydrogen-bond acceptors (Lipinski definition) is 1. The Morgan fingerprint density at radius 3 is 2.25 bits per heavy atom. The highest BCUT2D eigenvalue weighted by Gasteiger charge is 2.22. The predicted molar refractivity (Wildman–Crippen MR) is 102 cm³/mol. The Balaban J connectivity index is 1.50. The second-order valence-electron chi connectivity index (χ2n) is 7.10. The molecular weight excluding hydrogens is 292 g/mol. The van der Waals surface area contributed by atoms with Crippen LogP contribution in [0.25, 0.3) is 11.1 Å². The van der Waals surface area contributed by atoms with E-state index in [4.69, 9.17) is 4.74 Å². The molecule has 1 aliphatic rings. The van der Waals surface area contributed by atoms with E-state index in [2.05, 4.69) is 61.5 Å². The first-order valence-corrected chi connectivity index (χ1v) is 9.64. The van der Waals surface area contributed by atoms with Crippen LogP contribution in [-0.4, -0.2) is 6.61 Å². The molecule has 1 fully saturated rings. The van der Waals surface area contributed by atoms with E-state index in [1.165, 1.54) is 61.6 Å². The highest BCUT2D eigenvalue weighted by Crippen LogP contribution is 2.33. The summed E-state index contributed by atoms with van der Waals surface area (Å²) in [6.45, 7) is 3.22. The minimum atomic E-state index is 0.293. The quantitative estimate of drug-likeness (QED) is 0.510. The molecule has 3 rings (SSSR count). The first kappa shape index (κ1) is 17.2. The summed E-state index contributed by atoms with van der Waals surface area (Å²) in [4.78, 5) is 0. The SMILES string of the molecule is CCCCCCC1CCC(c2ccc(-c3ccccc3)cc2)OC1. The van der Waals surface area contributed by atoms with Gasteiger partial charge in [-0.1, -0.05) is 87.2 Å². The molecule has 1 aliphatic heterocycles. The number of rotatable bonds is 7. The van der Waals surface area contributed by atoms with Crippen LogP contribution in [0.5, 0.6) is 0 Å². The van der Waals surface area contributed by atoms with Crippen molar-refractivity contribution in [2.75, 3.05) is 6.61 Å². The average molecular weight is 322 g/mol. The third kappa shape index (κ3) is 4.70. The van der Waals surface area contributed by atoms with Gasteiger partial charge >= 0.3 is 0 Å². The van der Waals surface area contributed by atoms with Gasteiger partial charge in [0.15, 0.2) is 0 Å². The second-order valence-corrected chi connectivity index (χ2v) is 7.10. The number of benzene rings is 2. The number of ether oxygens (including phenoxy) is 1. The fourth-order valence-electron chi connectivity index (χ4n) is 3.68. The lowest BCUT2D eigenvalue weighted by atomic mass is 9.90. The van der Waals surface area contributed by atoms with Crippen molar-refractivity contribution in [1.29, 1.82) is 0 Å². The van der Waals surface area contributed by atoms with Gasteiger partial charge in [-0.3, -0.25) is 0 Å². The van der Waals surface area contributed by atoms with Gasteiger partial charge in [-0.25, -0.2) is 0 Å². The van der Waals surface area contributed by atoms with Crippen LogP contribution in [0.1, 0.15) is 63.5 Å². The summed E-state index contributed by atoms with van der Waals surface area (Å²) in [5.74, 6) is 0.779. The van der Waals surface area contributed by atoms with Crippen LogP contribution in [0.2, 0.25) is 0 Å².